The minimum atomic E-state index is -1.96. The molecule has 2 N–H and O–H groups in total. The van der Waals surface area contributed by atoms with Gasteiger partial charge in [-0.3, -0.25) is 4.98 Å². The number of pyridine rings is 1. The highest BCUT2D eigenvalue weighted by Crippen LogP contribution is 2.70. The summed E-state index contributed by atoms with van der Waals surface area (Å²) in [5, 5.41) is 21.8. The number of halogens is 1. The van der Waals surface area contributed by atoms with Crippen molar-refractivity contribution in [2.75, 3.05) is 14.1 Å². The normalized spacial score (nSPS) is 47.3. The maximum Gasteiger partial charge on any atom is 0.171 e. The Labute approximate surface area is 201 Å². The fraction of sp³-hybridized carbons (Fsp3) is 0.607. The predicted molar refractivity (Wildman–Crippen MR) is 129 cm³/mol. The van der Waals surface area contributed by atoms with Crippen molar-refractivity contribution in [1.29, 1.82) is 0 Å². The van der Waals surface area contributed by atoms with Crippen molar-refractivity contribution in [1.82, 2.24) is 9.88 Å². The Morgan fingerprint density at radius 2 is 2.03 bits per heavy atom. The zero-order valence-corrected chi connectivity index (χ0v) is 20.2. The minimum absolute atomic E-state index is 0.0855. The SMILES string of the molecule is CN(C)[C@H]1C[C@@]23CC[C@@]4(O2)C(=CC[C@]2(C)C(/C=C/c5cccnc5)=CCC24)CC3(F)[C@@H](O)[C@@H]1O. The highest BCUT2D eigenvalue weighted by atomic mass is 19.1. The third-order valence-electron chi connectivity index (χ3n) is 9.89. The van der Waals surface area contributed by atoms with E-state index in [-0.39, 0.29) is 23.8 Å². The number of fused-ring (bicyclic) bond motifs is 1. The van der Waals surface area contributed by atoms with Crippen LogP contribution in [0.2, 0.25) is 0 Å². The molecule has 2 aliphatic heterocycles. The molecule has 2 unspecified atom stereocenters. The standard InChI is InChI=1S/C28H35FN2O3/c1-25-11-10-20-15-28(29)24(33)23(32)21(31(2)3)16-26(28)12-13-27(20,34-26)22(25)9-8-19(25)7-6-18-5-4-14-30-17-18/h4-8,10,14,17,21-24,32-33H,9,11-13,15-16H2,1-3H3/b7-6+/t21-,22?,23+,24-,25+,26+,27+,28?/m0/s1. The van der Waals surface area contributed by atoms with E-state index in [0.717, 1.165) is 30.4 Å². The highest BCUT2D eigenvalue weighted by Gasteiger charge is 2.76. The first kappa shape index (κ1) is 22.6. The number of aliphatic hydroxyl groups is 2. The van der Waals surface area contributed by atoms with Gasteiger partial charge in [0.05, 0.1) is 11.7 Å². The first-order valence-electron chi connectivity index (χ1n) is 12.6. The van der Waals surface area contributed by atoms with Crippen LogP contribution < -0.4 is 0 Å². The van der Waals surface area contributed by atoms with Gasteiger partial charge >= 0.3 is 0 Å². The second kappa shape index (κ2) is 7.33. The van der Waals surface area contributed by atoms with Crippen molar-refractivity contribution < 1.29 is 19.3 Å². The van der Waals surface area contributed by atoms with Gasteiger partial charge in [-0.05, 0) is 69.0 Å². The Hall–Kier alpha value is -1.86. The van der Waals surface area contributed by atoms with Crippen LogP contribution in [0.1, 0.15) is 51.0 Å². The third-order valence-corrected chi connectivity index (χ3v) is 9.89. The number of aliphatic hydroxyl groups excluding tert-OH is 2. The average Bonchev–Trinajstić information content (AvgIpc) is 3.34. The summed E-state index contributed by atoms with van der Waals surface area (Å²) in [5.41, 5.74) is -0.248. The number of nitrogens with zero attached hydrogens (tertiary/aromatic N) is 2. The van der Waals surface area contributed by atoms with E-state index in [9.17, 15) is 10.2 Å². The van der Waals surface area contributed by atoms with Crippen LogP contribution in [0.3, 0.4) is 0 Å². The molecule has 3 heterocycles. The van der Waals surface area contributed by atoms with Gasteiger partial charge in [0.2, 0.25) is 0 Å². The lowest BCUT2D eigenvalue weighted by atomic mass is 9.57. The summed E-state index contributed by atoms with van der Waals surface area (Å²) in [7, 11) is 3.75. The number of aromatic nitrogens is 1. The second-order valence-corrected chi connectivity index (χ2v) is 11.6. The van der Waals surface area contributed by atoms with Crippen molar-refractivity contribution >= 4 is 6.08 Å². The van der Waals surface area contributed by atoms with E-state index in [1.807, 2.05) is 37.3 Å². The fourth-order valence-electron chi connectivity index (χ4n) is 7.93. The number of allylic oxidation sites excluding steroid dienone is 4. The van der Waals surface area contributed by atoms with Gasteiger partial charge in [0.25, 0.3) is 0 Å². The van der Waals surface area contributed by atoms with Gasteiger partial charge in [-0.25, -0.2) is 4.39 Å². The number of ether oxygens (including phenoxy) is 1. The average molecular weight is 467 g/mol. The first-order valence-corrected chi connectivity index (χ1v) is 12.6. The van der Waals surface area contributed by atoms with Crippen molar-refractivity contribution in [2.45, 2.75) is 80.6 Å². The molecule has 6 heteroatoms. The van der Waals surface area contributed by atoms with E-state index in [4.69, 9.17) is 4.74 Å². The molecule has 5 nitrogen and oxygen atoms in total. The Balaban J connectivity index is 1.36. The van der Waals surface area contributed by atoms with Gasteiger partial charge in [0.1, 0.15) is 11.7 Å². The van der Waals surface area contributed by atoms with Gasteiger partial charge in [0.15, 0.2) is 5.67 Å². The lowest BCUT2D eigenvalue weighted by Gasteiger charge is -2.61. The Morgan fingerprint density at radius 1 is 1.21 bits per heavy atom. The molecule has 0 aromatic carbocycles. The number of hydrogen-bond donors (Lipinski definition) is 2. The lowest BCUT2D eigenvalue weighted by molar-refractivity contribution is -0.283. The smallest absolute Gasteiger partial charge is 0.171 e. The number of hydrogen-bond acceptors (Lipinski definition) is 5. The minimum Gasteiger partial charge on any atom is -0.389 e. The maximum absolute atomic E-state index is 16.7. The van der Waals surface area contributed by atoms with Crippen molar-refractivity contribution in [3.63, 3.8) is 0 Å². The molecule has 0 amide bonds. The van der Waals surface area contributed by atoms with Crippen LogP contribution in [0, 0.1) is 11.3 Å². The van der Waals surface area contributed by atoms with E-state index < -0.39 is 29.1 Å². The van der Waals surface area contributed by atoms with E-state index in [0.29, 0.717) is 12.8 Å². The van der Waals surface area contributed by atoms with Gasteiger partial charge in [-0.1, -0.05) is 37.3 Å². The van der Waals surface area contributed by atoms with Crippen LogP contribution >= 0.6 is 0 Å². The van der Waals surface area contributed by atoms with Crippen molar-refractivity contribution in [3.8, 4) is 0 Å². The van der Waals surface area contributed by atoms with Crippen LogP contribution in [-0.2, 0) is 4.74 Å². The molecule has 3 fully saturated rings. The molecule has 182 valence electrons. The van der Waals surface area contributed by atoms with Crippen LogP contribution in [-0.4, -0.2) is 69.3 Å². The molecule has 2 saturated heterocycles. The molecule has 5 aliphatic rings. The number of rotatable bonds is 3. The summed E-state index contributed by atoms with van der Waals surface area (Å²) in [4.78, 5) is 6.10. The van der Waals surface area contributed by atoms with E-state index in [1.165, 1.54) is 5.57 Å². The molecule has 8 atom stereocenters. The molecule has 1 aromatic heterocycles. The van der Waals surface area contributed by atoms with Crippen LogP contribution in [0.5, 0.6) is 0 Å². The zero-order chi connectivity index (χ0) is 23.9. The molecule has 1 aromatic rings. The summed E-state index contributed by atoms with van der Waals surface area (Å²) in [6.45, 7) is 2.32. The monoisotopic (exact) mass is 466 g/mol. The topological polar surface area (TPSA) is 65.8 Å². The lowest BCUT2D eigenvalue weighted by Crippen LogP contribution is -2.74. The van der Waals surface area contributed by atoms with E-state index >= 15 is 4.39 Å². The summed E-state index contributed by atoms with van der Waals surface area (Å²) < 4.78 is 23.7. The van der Waals surface area contributed by atoms with Crippen LogP contribution in [0.4, 0.5) is 4.39 Å². The molecule has 6 rings (SSSR count). The first-order chi connectivity index (χ1) is 16.2. The Morgan fingerprint density at radius 3 is 2.76 bits per heavy atom. The van der Waals surface area contributed by atoms with Crippen molar-refractivity contribution in [3.05, 3.63) is 59.5 Å². The van der Waals surface area contributed by atoms with Gasteiger partial charge in [0, 0.05) is 36.2 Å². The number of alkyl halides is 1. The second-order valence-electron chi connectivity index (χ2n) is 11.6. The van der Waals surface area contributed by atoms with E-state index in [1.54, 1.807) is 6.20 Å². The molecule has 34 heavy (non-hydrogen) atoms. The Bertz CT molecular complexity index is 1090. The van der Waals surface area contributed by atoms with Gasteiger partial charge in [-0.15, -0.1) is 0 Å². The summed E-state index contributed by atoms with van der Waals surface area (Å²) >= 11 is 0. The molecule has 1 saturated carbocycles. The molecule has 3 aliphatic carbocycles. The largest absolute Gasteiger partial charge is 0.389 e. The Kier molecular flexibility index (Phi) is 4.87. The van der Waals surface area contributed by atoms with Gasteiger partial charge < -0.3 is 19.8 Å². The predicted octanol–water partition coefficient (Wildman–Crippen LogP) is 3.83. The number of likely N-dealkylation sites (N-methyl/N-ethyl adjacent to an activating group) is 1. The fourth-order valence-corrected chi connectivity index (χ4v) is 7.93. The summed E-state index contributed by atoms with van der Waals surface area (Å²) in [6.07, 6.45) is 13.5. The molecular formula is C28H35FN2O3. The molecular weight excluding hydrogens is 431 g/mol. The highest BCUT2D eigenvalue weighted by molar-refractivity contribution is 5.55. The van der Waals surface area contributed by atoms with Gasteiger partial charge in [-0.2, -0.15) is 0 Å². The molecule has 2 bridgehead atoms. The maximum atomic E-state index is 16.7. The van der Waals surface area contributed by atoms with E-state index in [2.05, 4.69) is 36.2 Å². The summed E-state index contributed by atoms with van der Waals surface area (Å²) in [6, 6.07) is 3.65. The van der Waals surface area contributed by atoms with Crippen LogP contribution in [0.15, 0.2) is 53.9 Å². The zero-order valence-electron chi connectivity index (χ0n) is 20.2. The van der Waals surface area contributed by atoms with Crippen LogP contribution in [0.25, 0.3) is 6.08 Å². The molecule has 2 spiro atoms. The van der Waals surface area contributed by atoms with Crippen molar-refractivity contribution in [2.24, 2.45) is 11.3 Å². The summed E-state index contributed by atoms with van der Waals surface area (Å²) in [5.74, 6) is 0.235. The quantitative estimate of drug-likeness (QED) is 0.663. The molecule has 0 radical (unpaired) electrons. The third kappa shape index (κ3) is 2.77.